The highest BCUT2D eigenvalue weighted by Crippen LogP contribution is 2.93. The number of benzene rings is 2. The SMILES string of the molecule is C=CC(=O)OCCNC(=O)OC(COCC1(C)CCC2C(C1)C1CC23CC13COCC(COc1ccccc1)OC(=O)NCCOC(=O)C=C)COc1ccccc1. The molecule has 4 saturated carbocycles. The summed E-state index contributed by atoms with van der Waals surface area (Å²) in [5.74, 6) is 2.01. The van der Waals surface area contributed by atoms with Crippen molar-refractivity contribution in [1.29, 1.82) is 0 Å². The van der Waals surface area contributed by atoms with Gasteiger partial charge in [0.25, 0.3) is 0 Å². The van der Waals surface area contributed by atoms with Crippen molar-refractivity contribution in [1.82, 2.24) is 10.6 Å². The maximum atomic E-state index is 12.6. The molecule has 0 spiro atoms. The van der Waals surface area contributed by atoms with Gasteiger partial charge in [0, 0.05) is 17.6 Å². The third kappa shape index (κ3) is 10.5. The fourth-order valence-electron chi connectivity index (χ4n) is 9.60. The van der Waals surface area contributed by atoms with Gasteiger partial charge in [-0.1, -0.05) is 56.5 Å². The molecule has 4 aliphatic carbocycles. The third-order valence-electron chi connectivity index (χ3n) is 12.2. The molecule has 6 rings (SSSR count). The molecule has 8 unspecified atom stereocenters. The van der Waals surface area contributed by atoms with E-state index in [-0.39, 0.29) is 63.6 Å². The summed E-state index contributed by atoms with van der Waals surface area (Å²) in [4.78, 5) is 47.8. The summed E-state index contributed by atoms with van der Waals surface area (Å²) in [6.45, 7) is 10.9. The van der Waals surface area contributed by atoms with E-state index in [0.717, 1.165) is 31.4 Å². The van der Waals surface area contributed by atoms with E-state index in [0.29, 0.717) is 47.9 Å². The van der Waals surface area contributed by atoms with E-state index in [9.17, 15) is 19.2 Å². The fraction of sp³-hybridized carbons (Fsp3) is 0.545. The molecule has 4 aliphatic rings. The molecule has 0 aromatic heterocycles. The van der Waals surface area contributed by atoms with Gasteiger partial charge in [-0.15, -0.1) is 0 Å². The molecule has 8 atom stereocenters. The van der Waals surface area contributed by atoms with Crippen LogP contribution < -0.4 is 20.1 Å². The monoisotopic (exact) mass is 804 g/mol. The van der Waals surface area contributed by atoms with Crippen LogP contribution in [0.2, 0.25) is 0 Å². The number of ether oxygens (including phenoxy) is 8. The van der Waals surface area contributed by atoms with Crippen LogP contribution >= 0.6 is 0 Å². The topological polar surface area (TPSA) is 166 Å². The van der Waals surface area contributed by atoms with Gasteiger partial charge in [0.15, 0.2) is 12.2 Å². The number of esters is 2. The van der Waals surface area contributed by atoms with Crippen LogP contribution in [-0.2, 0) is 38.0 Å². The number of rotatable bonds is 24. The van der Waals surface area contributed by atoms with Crippen LogP contribution in [0, 0.1) is 34.0 Å². The third-order valence-corrected chi connectivity index (χ3v) is 12.2. The summed E-state index contributed by atoms with van der Waals surface area (Å²) in [6.07, 6.45) is 5.15. The molecule has 58 heavy (non-hydrogen) atoms. The number of nitrogens with one attached hydrogen (secondary N) is 2. The van der Waals surface area contributed by atoms with Crippen molar-refractivity contribution >= 4 is 24.1 Å². The van der Waals surface area contributed by atoms with Crippen molar-refractivity contribution in [2.24, 2.45) is 34.0 Å². The number of hydrogen-bond donors (Lipinski definition) is 2. The van der Waals surface area contributed by atoms with Crippen LogP contribution in [-0.4, -0.2) is 102 Å². The average molecular weight is 805 g/mol. The van der Waals surface area contributed by atoms with E-state index in [1.807, 2.05) is 60.7 Å². The van der Waals surface area contributed by atoms with Gasteiger partial charge in [-0.25, -0.2) is 19.2 Å². The molecule has 14 nitrogen and oxygen atoms in total. The number of para-hydroxylation sites is 2. The molecule has 0 saturated heterocycles. The van der Waals surface area contributed by atoms with Crippen molar-refractivity contribution in [2.75, 3.05) is 65.9 Å². The molecule has 2 aromatic rings. The van der Waals surface area contributed by atoms with Crippen LogP contribution in [0.4, 0.5) is 9.59 Å². The Balaban J connectivity index is 0.972. The second-order valence-electron chi connectivity index (χ2n) is 16.1. The van der Waals surface area contributed by atoms with E-state index in [2.05, 4.69) is 30.7 Å². The van der Waals surface area contributed by atoms with Gasteiger partial charge in [-0.05, 0) is 85.0 Å². The lowest BCUT2D eigenvalue weighted by molar-refractivity contribution is -0.138. The van der Waals surface area contributed by atoms with E-state index in [1.54, 1.807) is 0 Å². The van der Waals surface area contributed by atoms with Crippen LogP contribution in [0.25, 0.3) is 0 Å². The van der Waals surface area contributed by atoms with E-state index >= 15 is 0 Å². The summed E-state index contributed by atoms with van der Waals surface area (Å²) in [7, 11) is 0. The molecule has 0 radical (unpaired) electrons. The maximum absolute atomic E-state index is 12.6. The van der Waals surface area contributed by atoms with Crippen molar-refractivity contribution in [3.8, 4) is 11.5 Å². The Morgan fingerprint density at radius 3 is 1.76 bits per heavy atom. The number of carbonyl (C=O) groups is 4. The van der Waals surface area contributed by atoms with Crippen LogP contribution in [0.3, 0.4) is 0 Å². The van der Waals surface area contributed by atoms with Gasteiger partial charge in [0.1, 0.15) is 37.9 Å². The summed E-state index contributed by atoms with van der Waals surface area (Å²) in [5, 5.41) is 5.21. The van der Waals surface area contributed by atoms with Gasteiger partial charge >= 0.3 is 24.1 Å². The molecular weight excluding hydrogens is 748 g/mol. The molecule has 4 fully saturated rings. The smallest absolute Gasteiger partial charge is 0.407 e. The Hall–Kier alpha value is -5.08. The summed E-state index contributed by atoms with van der Waals surface area (Å²) in [6, 6.07) is 18.6. The Bertz CT molecular complexity index is 1730. The van der Waals surface area contributed by atoms with Gasteiger partial charge < -0.3 is 48.5 Å². The number of hydrogen-bond acceptors (Lipinski definition) is 12. The average Bonchev–Trinajstić information content (AvgIpc) is 3.45. The summed E-state index contributed by atoms with van der Waals surface area (Å²) < 4.78 is 45.7. The quantitative estimate of drug-likeness (QED) is 0.0580. The minimum Gasteiger partial charge on any atom is -0.490 e. The predicted molar refractivity (Wildman–Crippen MR) is 211 cm³/mol. The lowest BCUT2D eigenvalue weighted by Crippen LogP contribution is -2.39. The first-order valence-corrected chi connectivity index (χ1v) is 20.1. The van der Waals surface area contributed by atoms with Gasteiger partial charge in [-0.3, -0.25) is 0 Å². The molecule has 0 heterocycles. The van der Waals surface area contributed by atoms with E-state index < -0.39 is 36.3 Å². The van der Waals surface area contributed by atoms with Gasteiger partial charge in [0.2, 0.25) is 0 Å². The summed E-state index contributed by atoms with van der Waals surface area (Å²) >= 11 is 0. The van der Waals surface area contributed by atoms with Crippen molar-refractivity contribution in [2.45, 2.75) is 51.2 Å². The molecule has 314 valence electrons. The van der Waals surface area contributed by atoms with E-state index in [1.165, 1.54) is 12.8 Å². The molecule has 2 bridgehead atoms. The summed E-state index contributed by atoms with van der Waals surface area (Å²) in [5.41, 5.74) is 0.450. The first kappa shape index (κ1) is 42.5. The normalized spacial score (nSPS) is 26.8. The van der Waals surface area contributed by atoms with Crippen molar-refractivity contribution < 1.29 is 57.1 Å². The lowest BCUT2D eigenvalue weighted by atomic mass is 9.66. The molecule has 0 aliphatic heterocycles. The fourth-order valence-corrected chi connectivity index (χ4v) is 9.60. The highest BCUT2D eigenvalue weighted by atomic mass is 16.6. The van der Waals surface area contributed by atoms with Gasteiger partial charge in [-0.2, -0.15) is 0 Å². The molecule has 2 N–H and O–H groups in total. The zero-order valence-electron chi connectivity index (χ0n) is 33.2. The molecular formula is C44H56N2O12. The lowest BCUT2D eigenvalue weighted by Gasteiger charge is -2.41. The number of alkyl carbamates (subject to hydrolysis) is 2. The molecule has 2 aromatic carbocycles. The zero-order chi connectivity index (χ0) is 41.0. The van der Waals surface area contributed by atoms with Crippen LogP contribution in [0.5, 0.6) is 11.5 Å². The highest BCUT2D eigenvalue weighted by Gasteiger charge is 2.88. The first-order valence-electron chi connectivity index (χ1n) is 20.1. The van der Waals surface area contributed by atoms with Crippen LogP contribution in [0.15, 0.2) is 86.0 Å². The van der Waals surface area contributed by atoms with Gasteiger partial charge in [0.05, 0.1) is 39.5 Å². The first-order chi connectivity index (χ1) is 28.1. The maximum Gasteiger partial charge on any atom is 0.407 e. The minimum atomic E-state index is -0.666. The predicted octanol–water partition coefficient (Wildman–Crippen LogP) is 5.66. The van der Waals surface area contributed by atoms with Crippen LogP contribution in [0.1, 0.15) is 39.0 Å². The second kappa shape index (κ2) is 19.6. The van der Waals surface area contributed by atoms with Crippen molar-refractivity contribution in [3.05, 3.63) is 86.0 Å². The Labute approximate surface area is 339 Å². The Kier molecular flexibility index (Phi) is 14.4. The number of fused-ring (bicyclic) bond motifs is 2. The second-order valence-corrected chi connectivity index (χ2v) is 16.1. The highest BCUT2D eigenvalue weighted by molar-refractivity contribution is 5.81. The largest absolute Gasteiger partial charge is 0.490 e. The number of carbonyl (C=O) groups excluding carboxylic acids is 4. The number of amides is 2. The standard InChI is InChI=1S/C44H56N2O12/c1-4-38(47)53-20-18-45-40(49)57-33(26-55-31-12-8-6-9-13-31)24-51-29-42(3)17-16-36-35(22-42)37-23-43(36)28-44(37,43)30-52-25-34(27-56-32-14-10-7-11-15-32)58-41(50)46-19-21-54-39(48)5-2/h4-15,33-37H,1-2,16-30H2,3H3,(H,45,49)(H,46,50). The molecule has 2 amide bonds. The van der Waals surface area contributed by atoms with Crippen molar-refractivity contribution in [3.63, 3.8) is 0 Å². The minimum absolute atomic E-state index is 0.00227. The van der Waals surface area contributed by atoms with E-state index in [4.69, 9.17) is 37.9 Å². The zero-order valence-corrected chi connectivity index (χ0v) is 33.2. The Morgan fingerprint density at radius 1 is 0.724 bits per heavy atom. The molecule has 14 heteroatoms. The Morgan fingerprint density at radius 2 is 1.24 bits per heavy atom.